The Kier molecular flexibility index (Phi) is 4.20. The van der Waals surface area contributed by atoms with Gasteiger partial charge in [-0.15, -0.1) is 0 Å². The number of aromatic nitrogens is 1. The van der Waals surface area contributed by atoms with E-state index >= 15 is 0 Å². The maximum Gasteiger partial charge on any atom is 0.125 e. The second-order valence-corrected chi connectivity index (χ2v) is 5.28. The Hall–Kier alpha value is -2.29. The highest BCUT2D eigenvalue weighted by Crippen LogP contribution is 2.32. The van der Waals surface area contributed by atoms with Crippen LogP contribution in [0.2, 0.25) is 0 Å². The van der Waals surface area contributed by atoms with Crippen LogP contribution in [0.4, 0.5) is 5.82 Å². The van der Waals surface area contributed by atoms with Gasteiger partial charge in [0.15, 0.2) is 0 Å². The number of fused-ring (bicyclic) bond motifs is 1. The second-order valence-electron chi connectivity index (χ2n) is 5.28. The average molecular weight is 280 g/mol. The normalized spacial score (nSPS) is 15.8. The number of rotatable bonds is 6. The molecule has 0 radical (unpaired) electrons. The summed E-state index contributed by atoms with van der Waals surface area (Å²) in [5.41, 5.74) is 2.67. The first-order valence-corrected chi connectivity index (χ1v) is 7.43. The van der Waals surface area contributed by atoms with E-state index in [0.29, 0.717) is 12.5 Å². The third kappa shape index (κ3) is 3.43. The van der Waals surface area contributed by atoms with Crippen molar-refractivity contribution >= 4 is 11.9 Å². The standard InChI is InChI=1S/C18H20N2O/c1-14-6-7-15-13-16(8-9-17(14)15)21-12-4-11-20-18-5-2-3-10-19-18/h2-3,5-10,13-14H,4,11-12H2,1H3,(H,19,20). The minimum Gasteiger partial charge on any atom is -0.494 e. The Balaban J connectivity index is 1.43. The first kappa shape index (κ1) is 13.7. The minimum atomic E-state index is 0.525. The van der Waals surface area contributed by atoms with E-state index in [4.69, 9.17) is 4.74 Å². The van der Waals surface area contributed by atoms with E-state index in [-0.39, 0.29) is 0 Å². The topological polar surface area (TPSA) is 34.1 Å². The Bertz CT molecular complexity index is 622. The fourth-order valence-electron chi connectivity index (χ4n) is 2.50. The summed E-state index contributed by atoms with van der Waals surface area (Å²) in [7, 11) is 0. The predicted octanol–water partition coefficient (Wildman–Crippen LogP) is 4.09. The molecule has 0 fully saturated rings. The van der Waals surface area contributed by atoms with Gasteiger partial charge in [0, 0.05) is 12.7 Å². The molecule has 0 aliphatic heterocycles. The average Bonchev–Trinajstić information content (AvgIpc) is 2.89. The molecule has 2 aromatic rings. The molecule has 108 valence electrons. The Morgan fingerprint density at radius 3 is 3.05 bits per heavy atom. The molecule has 0 saturated carbocycles. The van der Waals surface area contributed by atoms with Crippen molar-refractivity contribution in [2.24, 2.45) is 0 Å². The van der Waals surface area contributed by atoms with E-state index in [2.05, 4.69) is 47.6 Å². The number of anilines is 1. The largest absolute Gasteiger partial charge is 0.494 e. The van der Waals surface area contributed by atoms with Gasteiger partial charge in [-0.1, -0.05) is 31.2 Å². The number of benzene rings is 1. The van der Waals surface area contributed by atoms with Crippen LogP contribution in [-0.4, -0.2) is 18.1 Å². The van der Waals surface area contributed by atoms with Crippen molar-refractivity contribution in [3.05, 3.63) is 59.8 Å². The second kappa shape index (κ2) is 6.44. The summed E-state index contributed by atoms with van der Waals surface area (Å²) in [5.74, 6) is 2.39. The highest BCUT2D eigenvalue weighted by atomic mass is 16.5. The summed E-state index contributed by atoms with van der Waals surface area (Å²) in [6.07, 6.45) is 7.14. The van der Waals surface area contributed by atoms with Gasteiger partial charge in [0.25, 0.3) is 0 Å². The molecule has 0 amide bonds. The van der Waals surface area contributed by atoms with Crippen LogP contribution >= 0.6 is 0 Å². The molecule has 0 spiro atoms. The van der Waals surface area contributed by atoms with Crippen molar-refractivity contribution in [3.8, 4) is 5.75 Å². The van der Waals surface area contributed by atoms with Gasteiger partial charge in [-0.2, -0.15) is 0 Å². The predicted molar refractivity (Wildman–Crippen MR) is 86.7 cm³/mol. The number of pyridine rings is 1. The number of hydrogen-bond acceptors (Lipinski definition) is 3. The maximum absolute atomic E-state index is 5.81. The molecule has 1 atom stereocenters. The van der Waals surface area contributed by atoms with Gasteiger partial charge in [0.05, 0.1) is 6.61 Å². The molecule has 3 heteroatoms. The number of hydrogen-bond donors (Lipinski definition) is 1. The van der Waals surface area contributed by atoms with E-state index in [1.807, 2.05) is 18.2 Å². The molecule has 3 rings (SSSR count). The summed E-state index contributed by atoms with van der Waals surface area (Å²) in [5, 5.41) is 3.28. The molecule has 21 heavy (non-hydrogen) atoms. The molecular weight excluding hydrogens is 260 g/mol. The zero-order valence-corrected chi connectivity index (χ0v) is 12.3. The lowest BCUT2D eigenvalue weighted by Crippen LogP contribution is -2.08. The van der Waals surface area contributed by atoms with E-state index in [9.17, 15) is 0 Å². The van der Waals surface area contributed by atoms with E-state index < -0.39 is 0 Å². The number of nitrogens with zero attached hydrogens (tertiary/aromatic N) is 1. The molecule has 3 nitrogen and oxygen atoms in total. The Morgan fingerprint density at radius 2 is 2.19 bits per heavy atom. The summed E-state index contributed by atoms with van der Waals surface area (Å²) in [6.45, 7) is 3.78. The lowest BCUT2D eigenvalue weighted by molar-refractivity contribution is 0.315. The van der Waals surface area contributed by atoms with E-state index in [1.165, 1.54) is 11.1 Å². The van der Waals surface area contributed by atoms with Crippen LogP contribution in [0, 0.1) is 0 Å². The number of nitrogens with one attached hydrogen (secondary N) is 1. The molecule has 0 saturated heterocycles. The smallest absolute Gasteiger partial charge is 0.125 e. The molecule has 1 aliphatic rings. The first-order chi connectivity index (χ1) is 10.3. The van der Waals surface area contributed by atoms with Crippen LogP contribution in [0.5, 0.6) is 5.75 Å². The van der Waals surface area contributed by atoms with Crippen LogP contribution in [0.15, 0.2) is 48.7 Å². The van der Waals surface area contributed by atoms with Crippen molar-refractivity contribution in [3.63, 3.8) is 0 Å². The van der Waals surface area contributed by atoms with Crippen LogP contribution in [0.25, 0.3) is 6.08 Å². The van der Waals surface area contributed by atoms with Crippen LogP contribution in [0.3, 0.4) is 0 Å². The van der Waals surface area contributed by atoms with Crippen molar-refractivity contribution in [2.75, 3.05) is 18.5 Å². The molecule has 1 aromatic carbocycles. The summed E-state index contributed by atoms with van der Waals surface area (Å²) in [6, 6.07) is 12.2. The Labute approximate surface area is 125 Å². The summed E-state index contributed by atoms with van der Waals surface area (Å²) < 4.78 is 5.81. The van der Waals surface area contributed by atoms with Crippen LogP contribution in [0.1, 0.15) is 30.4 Å². The van der Waals surface area contributed by atoms with Crippen LogP contribution in [-0.2, 0) is 0 Å². The molecule has 1 aromatic heterocycles. The Morgan fingerprint density at radius 1 is 1.24 bits per heavy atom. The van der Waals surface area contributed by atoms with Gasteiger partial charge in [0.2, 0.25) is 0 Å². The van der Waals surface area contributed by atoms with Crippen molar-refractivity contribution < 1.29 is 4.74 Å². The van der Waals surface area contributed by atoms with Gasteiger partial charge in [-0.05, 0) is 47.7 Å². The van der Waals surface area contributed by atoms with Gasteiger partial charge < -0.3 is 10.1 Å². The zero-order chi connectivity index (χ0) is 14.5. The molecule has 1 unspecified atom stereocenters. The monoisotopic (exact) mass is 280 g/mol. The van der Waals surface area contributed by atoms with Crippen molar-refractivity contribution in [1.82, 2.24) is 4.98 Å². The lowest BCUT2D eigenvalue weighted by atomic mass is 10.0. The minimum absolute atomic E-state index is 0.525. The van der Waals surface area contributed by atoms with Gasteiger partial charge in [-0.3, -0.25) is 0 Å². The molecule has 1 heterocycles. The third-order valence-corrected chi connectivity index (χ3v) is 3.67. The summed E-state index contributed by atoms with van der Waals surface area (Å²) in [4.78, 5) is 4.22. The van der Waals surface area contributed by atoms with Crippen molar-refractivity contribution in [2.45, 2.75) is 19.3 Å². The van der Waals surface area contributed by atoms with Gasteiger partial charge >= 0.3 is 0 Å². The first-order valence-electron chi connectivity index (χ1n) is 7.43. The highest BCUT2D eigenvalue weighted by Gasteiger charge is 2.12. The SMILES string of the molecule is CC1C=Cc2cc(OCCCNc3ccccn3)ccc21. The summed E-state index contributed by atoms with van der Waals surface area (Å²) >= 11 is 0. The van der Waals surface area contributed by atoms with Crippen LogP contribution < -0.4 is 10.1 Å². The van der Waals surface area contributed by atoms with E-state index in [1.54, 1.807) is 6.20 Å². The quantitative estimate of drug-likeness (QED) is 0.809. The molecule has 1 N–H and O–H groups in total. The fourth-order valence-corrected chi connectivity index (χ4v) is 2.50. The van der Waals surface area contributed by atoms with Crippen molar-refractivity contribution in [1.29, 1.82) is 0 Å². The molecule has 0 bridgehead atoms. The zero-order valence-electron chi connectivity index (χ0n) is 12.3. The molecular formula is C18H20N2O. The highest BCUT2D eigenvalue weighted by molar-refractivity contribution is 5.63. The number of allylic oxidation sites excluding steroid dienone is 1. The maximum atomic E-state index is 5.81. The lowest BCUT2D eigenvalue weighted by Gasteiger charge is -2.10. The fraction of sp³-hybridized carbons (Fsp3) is 0.278. The van der Waals surface area contributed by atoms with Gasteiger partial charge in [0.1, 0.15) is 11.6 Å². The van der Waals surface area contributed by atoms with Gasteiger partial charge in [-0.25, -0.2) is 4.98 Å². The molecule has 1 aliphatic carbocycles. The number of ether oxygens (including phenoxy) is 1. The third-order valence-electron chi connectivity index (χ3n) is 3.67. The van der Waals surface area contributed by atoms with E-state index in [0.717, 1.165) is 24.5 Å².